The van der Waals surface area contributed by atoms with Crippen LogP contribution in [0.2, 0.25) is 0 Å². The average molecular weight is 205 g/mol. The molecule has 0 radical (unpaired) electrons. The van der Waals surface area contributed by atoms with Gasteiger partial charge < -0.3 is 10.8 Å². The van der Waals surface area contributed by atoms with Crippen LogP contribution in [0, 0.1) is 0 Å². The van der Waals surface area contributed by atoms with Gasteiger partial charge in [0.15, 0.2) is 0 Å². The standard InChI is InChI=1S/C12H15NO2/c13-12(6-7-12)10-3-1-2-9(8-10)4-5-11(14)15/h1-3,8H,4-7,13H2,(H,14,15). The fourth-order valence-electron chi connectivity index (χ4n) is 1.71. The van der Waals surface area contributed by atoms with Crippen LogP contribution in [0.5, 0.6) is 0 Å². The summed E-state index contributed by atoms with van der Waals surface area (Å²) >= 11 is 0. The van der Waals surface area contributed by atoms with E-state index < -0.39 is 5.97 Å². The minimum Gasteiger partial charge on any atom is -0.481 e. The normalized spacial score (nSPS) is 17.4. The van der Waals surface area contributed by atoms with Crippen molar-refractivity contribution in [3.8, 4) is 0 Å². The lowest BCUT2D eigenvalue weighted by molar-refractivity contribution is -0.136. The number of benzene rings is 1. The number of carboxylic acids is 1. The van der Waals surface area contributed by atoms with Crippen LogP contribution in [0.1, 0.15) is 30.4 Å². The Labute approximate surface area is 88.9 Å². The number of carboxylic acid groups (broad SMARTS) is 1. The highest BCUT2D eigenvalue weighted by molar-refractivity contribution is 5.67. The van der Waals surface area contributed by atoms with Gasteiger partial charge in [-0.1, -0.05) is 24.3 Å². The van der Waals surface area contributed by atoms with Crippen molar-refractivity contribution in [1.29, 1.82) is 0 Å². The highest BCUT2D eigenvalue weighted by Gasteiger charge is 2.39. The van der Waals surface area contributed by atoms with Crippen LogP contribution < -0.4 is 5.73 Å². The first-order valence-electron chi connectivity index (χ1n) is 5.20. The van der Waals surface area contributed by atoms with Crippen molar-refractivity contribution in [2.45, 2.75) is 31.2 Å². The number of nitrogens with two attached hydrogens (primary N) is 1. The van der Waals surface area contributed by atoms with Crippen LogP contribution in [0.15, 0.2) is 24.3 Å². The summed E-state index contributed by atoms with van der Waals surface area (Å²) in [6.45, 7) is 0. The Kier molecular flexibility index (Phi) is 2.49. The zero-order valence-electron chi connectivity index (χ0n) is 8.57. The van der Waals surface area contributed by atoms with E-state index in [2.05, 4.69) is 0 Å². The Balaban J connectivity index is 2.09. The molecule has 0 spiro atoms. The Morgan fingerprint density at radius 2 is 2.20 bits per heavy atom. The fraction of sp³-hybridized carbons (Fsp3) is 0.417. The van der Waals surface area contributed by atoms with Gasteiger partial charge in [0.25, 0.3) is 0 Å². The van der Waals surface area contributed by atoms with Crippen molar-refractivity contribution in [3.63, 3.8) is 0 Å². The minimum atomic E-state index is -0.755. The van der Waals surface area contributed by atoms with Crippen LogP contribution in [0.4, 0.5) is 0 Å². The molecule has 15 heavy (non-hydrogen) atoms. The minimum absolute atomic E-state index is 0.126. The highest BCUT2D eigenvalue weighted by atomic mass is 16.4. The maximum absolute atomic E-state index is 10.4. The molecule has 0 heterocycles. The first-order chi connectivity index (χ1) is 7.10. The molecule has 1 fully saturated rings. The largest absolute Gasteiger partial charge is 0.481 e. The molecule has 1 aromatic rings. The van der Waals surface area contributed by atoms with E-state index >= 15 is 0 Å². The van der Waals surface area contributed by atoms with E-state index in [4.69, 9.17) is 10.8 Å². The zero-order chi connectivity index (χ0) is 10.9. The molecule has 1 aliphatic rings. The summed E-state index contributed by atoms with van der Waals surface area (Å²) in [5.41, 5.74) is 8.16. The smallest absolute Gasteiger partial charge is 0.303 e. The number of rotatable bonds is 4. The topological polar surface area (TPSA) is 63.3 Å². The van der Waals surface area contributed by atoms with Crippen molar-refractivity contribution >= 4 is 5.97 Å². The van der Waals surface area contributed by atoms with E-state index in [0.29, 0.717) is 6.42 Å². The third-order valence-corrected chi connectivity index (χ3v) is 2.92. The molecule has 0 aliphatic heterocycles. The maximum atomic E-state index is 10.4. The molecule has 0 saturated heterocycles. The van der Waals surface area contributed by atoms with Gasteiger partial charge in [-0.2, -0.15) is 0 Å². The van der Waals surface area contributed by atoms with Crippen molar-refractivity contribution < 1.29 is 9.90 Å². The van der Waals surface area contributed by atoms with Crippen molar-refractivity contribution in [2.24, 2.45) is 5.73 Å². The summed E-state index contributed by atoms with van der Waals surface area (Å²) in [5, 5.41) is 8.59. The second-order valence-corrected chi connectivity index (χ2v) is 4.25. The van der Waals surface area contributed by atoms with E-state index in [1.807, 2.05) is 24.3 Å². The van der Waals surface area contributed by atoms with E-state index in [-0.39, 0.29) is 12.0 Å². The SMILES string of the molecule is NC1(c2cccc(CCC(=O)O)c2)CC1. The van der Waals surface area contributed by atoms with Crippen LogP contribution in [0.3, 0.4) is 0 Å². The van der Waals surface area contributed by atoms with Gasteiger partial charge in [-0.3, -0.25) is 4.79 Å². The molecule has 2 rings (SSSR count). The van der Waals surface area contributed by atoms with E-state index in [9.17, 15) is 4.79 Å². The number of carbonyl (C=O) groups is 1. The first-order valence-corrected chi connectivity index (χ1v) is 5.20. The second kappa shape index (κ2) is 3.66. The quantitative estimate of drug-likeness (QED) is 0.785. The van der Waals surface area contributed by atoms with E-state index in [0.717, 1.165) is 24.0 Å². The van der Waals surface area contributed by atoms with Gasteiger partial charge >= 0.3 is 5.97 Å². The Morgan fingerprint density at radius 1 is 1.47 bits per heavy atom. The fourth-order valence-corrected chi connectivity index (χ4v) is 1.71. The molecule has 3 heteroatoms. The van der Waals surface area contributed by atoms with Crippen LogP contribution in [-0.2, 0) is 16.8 Å². The molecule has 3 N–H and O–H groups in total. The molecular formula is C12H15NO2. The van der Waals surface area contributed by atoms with Crippen molar-refractivity contribution in [3.05, 3.63) is 35.4 Å². The lowest BCUT2D eigenvalue weighted by Gasteiger charge is -2.10. The lowest BCUT2D eigenvalue weighted by atomic mass is 10.0. The molecule has 0 amide bonds. The molecular weight excluding hydrogens is 190 g/mol. The van der Waals surface area contributed by atoms with Gasteiger partial charge in [0.1, 0.15) is 0 Å². The molecule has 0 unspecified atom stereocenters. The lowest BCUT2D eigenvalue weighted by Crippen LogP contribution is -2.18. The summed E-state index contributed by atoms with van der Waals surface area (Å²) in [6.07, 6.45) is 2.84. The van der Waals surface area contributed by atoms with Crippen LogP contribution in [0.25, 0.3) is 0 Å². The molecule has 0 bridgehead atoms. The van der Waals surface area contributed by atoms with Gasteiger partial charge in [-0.05, 0) is 30.4 Å². The summed E-state index contributed by atoms with van der Waals surface area (Å²) in [5.74, 6) is -0.755. The van der Waals surface area contributed by atoms with E-state index in [1.54, 1.807) is 0 Å². The molecule has 0 aromatic heterocycles. The zero-order valence-corrected chi connectivity index (χ0v) is 8.57. The number of aliphatic carboxylic acids is 1. The Hall–Kier alpha value is -1.35. The van der Waals surface area contributed by atoms with Gasteiger partial charge in [-0.25, -0.2) is 0 Å². The third kappa shape index (κ3) is 2.36. The monoisotopic (exact) mass is 205 g/mol. The number of aryl methyl sites for hydroxylation is 1. The third-order valence-electron chi connectivity index (χ3n) is 2.92. The molecule has 0 atom stereocenters. The summed E-state index contributed by atoms with van der Waals surface area (Å²) in [4.78, 5) is 10.4. The first kappa shape index (κ1) is 10.2. The molecule has 3 nitrogen and oxygen atoms in total. The summed E-state index contributed by atoms with van der Waals surface area (Å²) in [7, 11) is 0. The second-order valence-electron chi connectivity index (χ2n) is 4.25. The summed E-state index contributed by atoms with van der Waals surface area (Å²) in [6, 6.07) is 7.98. The Bertz CT molecular complexity index is 383. The maximum Gasteiger partial charge on any atom is 0.303 e. The molecule has 1 saturated carbocycles. The number of hydrogen-bond donors (Lipinski definition) is 2. The molecule has 1 aromatic carbocycles. The summed E-state index contributed by atoms with van der Waals surface area (Å²) < 4.78 is 0. The van der Waals surface area contributed by atoms with Crippen molar-refractivity contribution in [2.75, 3.05) is 0 Å². The van der Waals surface area contributed by atoms with E-state index in [1.165, 1.54) is 0 Å². The predicted molar refractivity (Wildman–Crippen MR) is 57.5 cm³/mol. The van der Waals surface area contributed by atoms with Crippen LogP contribution >= 0.6 is 0 Å². The highest BCUT2D eigenvalue weighted by Crippen LogP contribution is 2.42. The van der Waals surface area contributed by atoms with Gasteiger partial charge in [0, 0.05) is 12.0 Å². The number of hydrogen-bond acceptors (Lipinski definition) is 2. The van der Waals surface area contributed by atoms with Gasteiger partial charge in [0.05, 0.1) is 0 Å². The molecule has 1 aliphatic carbocycles. The Morgan fingerprint density at radius 3 is 2.80 bits per heavy atom. The van der Waals surface area contributed by atoms with Crippen LogP contribution in [-0.4, -0.2) is 11.1 Å². The predicted octanol–water partition coefficient (Wildman–Crippen LogP) is 1.65. The van der Waals surface area contributed by atoms with Gasteiger partial charge in [0.2, 0.25) is 0 Å². The molecule has 80 valence electrons. The van der Waals surface area contributed by atoms with Gasteiger partial charge in [-0.15, -0.1) is 0 Å². The van der Waals surface area contributed by atoms with Crippen molar-refractivity contribution in [1.82, 2.24) is 0 Å². The average Bonchev–Trinajstić information content (AvgIpc) is 2.95.